The maximum absolute atomic E-state index is 6.65. The predicted octanol–water partition coefficient (Wildman–Crippen LogP) is 15.4. The summed E-state index contributed by atoms with van der Waals surface area (Å²) in [5, 5.41) is 2.18. The van der Waals surface area contributed by atoms with Crippen molar-refractivity contribution in [3.8, 4) is 55.6 Å². The second-order valence-corrected chi connectivity index (χ2v) is 14.2. The van der Waals surface area contributed by atoms with Crippen LogP contribution in [0.15, 0.2) is 229 Å². The summed E-state index contributed by atoms with van der Waals surface area (Å²) in [6.45, 7) is 0. The number of rotatable bonds is 8. The summed E-state index contributed by atoms with van der Waals surface area (Å²) in [5.74, 6) is 0. The van der Waals surface area contributed by atoms with Crippen LogP contribution in [0, 0.1) is 0 Å². The monoisotopic (exact) mass is 715 g/mol. The number of nitrogens with zero attached hydrogens (tertiary/aromatic N) is 1. The molecular weight excluding hydrogens is 679 g/mol. The van der Waals surface area contributed by atoms with E-state index in [0.29, 0.717) is 0 Å². The van der Waals surface area contributed by atoms with E-state index in [-0.39, 0.29) is 0 Å². The van der Waals surface area contributed by atoms with E-state index >= 15 is 0 Å². The Hall–Kier alpha value is -7.42. The number of hydrogen-bond donors (Lipinski definition) is 0. The number of furan rings is 1. The minimum Gasteiger partial charge on any atom is -0.455 e. The first-order valence-corrected chi connectivity index (χ1v) is 19.1. The van der Waals surface area contributed by atoms with Crippen molar-refractivity contribution in [1.29, 1.82) is 0 Å². The Balaban J connectivity index is 1.10. The van der Waals surface area contributed by atoms with Gasteiger partial charge in [0, 0.05) is 33.4 Å². The fourth-order valence-electron chi connectivity index (χ4n) is 7.80. The molecule has 0 saturated carbocycles. The molecule has 2 heteroatoms. The van der Waals surface area contributed by atoms with E-state index in [1.54, 1.807) is 0 Å². The Kier molecular flexibility index (Phi) is 8.55. The van der Waals surface area contributed by atoms with E-state index in [0.717, 1.165) is 50.1 Å². The minimum atomic E-state index is 0.878. The molecule has 0 bridgehead atoms. The van der Waals surface area contributed by atoms with Gasteiger partial charge in [-0.25, -0.2) is 0 Å². The summed E-state index contributed by atoms with van der Waals surface area (Å²) in [6, 6.07) is 80.0. The highest BCUT2D eigenvalue weighted by Crippen LogP contribution is 2.44. The van der Waals surface area contributed by atoms with Crippen molar-refractivity contribution in [3.05, 3.63) is 224 Å². The molecular formula is C54H37NO. The van der Waals surface area contributed by atoms with Gasteiger partial charge in [0.2, 0.25) is 0 Å². The maximum Gasteiger partial charge on any atom is 0.143 e. The maximum atomic E-state index is 6.65. The first-order valence-electron chi connectivity index (χ1n) is 19.1. The molecule has 0 aliphatic rings. The Morgan fingerprint density at radius 1 is 0.268 bits per heavy atom. The Morgan fingerprint density at radius 2 is 0.625 bits per heavy atom. The SMILES string of the molecule is c1ccc(-c2ccc(-c3ccc(N(c4ccc(-c5ccccc5)cc4)c4cc(-c5ccc(-c6ccccc6)cc5)c5oc6ccccc6c5c4)cc3)cc2)cc1. The second-order valence-electron chi connectivity index (χ2n) is 14.2. The molecule has 0 unspecified atom stereocenters. The van der Waals surface area contributed by atoms with E-state index in [4.69, 9.17) is 4.42 Å². The molecule has 1 heterocycles. The van der Waals surface area contributed by atoms with Gasteiger partial charge in [-0.15, -0.1) is 0 Å². The number of fused-ring (bicyclic) bond motifs is 3. The van der Waals surface area contributed by atoms with Crippen LogP contribution in [0.25, 0.3) is 77.6 Å². The number of para-hydroxylation sites is 1. The molecule has 0 atom stereocenters. The van der Waals surface area contributed by atoms with E-state index < -0.39 is 0 Å². The number of benzene rings is 9. The van der Waals surface area contributed by atoms with Gasteiger partial charge in [-0.05, 0) is 92.5 Å². The van der Waals surface area contributed by atoms with Crippen LogP contribution in [-0.2, 0) is 0 Å². The fraction of sp³-hybridized carbons (Fsp3) is 0. The molecule has 0 aliphatic heterocycles. The number of hydrogen-bond acceptors (Lipinski definition) is 2. The van der Waals surface area contributed by atoms with Gasteiger partial charge < -0.3 is 9.32 Å². The van der Waals surface area contributed by atoms with Gasteiger partial charge >= 0.3 is 0 Å². The average Bonchev–Trinajstić information content (AvgIpc) is 3.66. The normalized spacial score (nSPS) is 11.2. The highest BCUT2D eigenvalue weighted by Gasteiger charge is 2.20. The van der Waals surface area contributed by atoms with Crippen LogP contribution in [-0.4, -0.2) is 0 Å². The molecule has 56 heavy (non-hydrogen) atoms. The second kappa shape index (κ2) is 14.4. The standard InChI is InChI=1S/C54H37NO/c1-4-12-38(13-5-1)41-20-22-43(23-21-41)45-30-34-48(35-31-45)55(47-32-28-44(29-33-47)40-16-8-3-9-17-40)49-36-51(54-52(37-49)50-18-10-11-19-53(50)56-54)46-26-24-42(25-27-46)39-14-6-2-7-15-39/h1-37H. The summed E-state index contributed by atoms with van der Waals surface area (Å²) < 4.78 is 6.65. The first-order chi connectivity index (χ1) is 27.7. The van der Waals surface area contributed by atoms with Crippen LogP contribution in [0.1, 0.15) is 0 Å². The van der Waals surface area contributed by atoms with Crippen molar-refractivity contribution >= 4 is 39.0 Å². The molecule has 9 aromatic carbocycles. The van der Waals surface area contributed by atoms with Crippen molar-refractivity contribution < 1.29 is 4.42 Å². The molecule has 0 spiro atoms. The summed E-state index contributed by atoms with van der Waals surface area (Å²) in [7, 11) is 0. The van der Waals surface area contributed by atoms with Gasteiger partial charge in [0.1, 0.15) is 11.2 Å². The van der Waals surface area contributed by atoms with Crippen molar-refractivity contribution in [2.45, 2.75) is 0 Å². The Morgan fingerprint density at radius 3 is 1.07 bits per heavy atom. The van der Waals surface area contributed by atoms with Crippen LogP contribution < -0.4 is 4.90 Å². The fourth-order valence-corrected chi connectivity index (χ4v) is 7.80. The van der Waals surface area contributed by atoms with Gasteiger partial charge in [-0.3, -0.25) is 0 Å². The average molecular weight is 716 g/mol. The third kappa shape index (κ3) is 6.34. The van der Waals surface area contributed by atoms with Gasteiger partial charge in [-0.1, -0.05) is 182 Å². The summed E-state index contributed by atoms with van der Waals surface area (Å²) >= 11 is 0. The summed E-state index contributed by atoms with van der Waals surface area (Å²) in [5.41, 5.74) is 16.6. The lowest BCUT2D eigenvalue weighted by atomic mass is 9.97. The molecule has 264 valence electrons. The van der Waals surface area contributed by atoms with Crippen LogP contribution in [0.3, 0.4) is 0 Å². The van der Waals surface area contributed by atoms with Crippen LogP contribution in [0.4, 0.5) is 17.1 Å². The zero-order valence-corrected chi connectivity index (χ0v) is 30.7. The molecule has 0 aliphatic carbocycles. The lowest BCUT2D eigenvalue weighted by Crippen LogP contribution is -2.10. The quantitative estimate of drug-likeness (QED) is 0.156. The van der Waals surface area contributed by atoms with Crippen LogP contribution in [0.5, 0.6) is 0 Å². The smallest absolute Gasteiger partial charge is 0.143 e. The van der Waals surface area contributed by atoms with E-state index in [9.17, 15) is 0 Å². The topological polar surface area (TPSA) is 16.4 Å². The Labute approximate surface area is 327 Å². The molecule has 10 aromatic rings. The van der Waals surface area contributed by atoms with Crippen LogP contribution >= 0.6 is 0 Å². The summed E-state index contributed by atoms with van der Waals surface area (Å²) in [4.78, 5) is 2.36. The Bertz CT molecular complexity index is 2900. The van der Waals surface area contributed by atoms with E-state index in [1.807, 2.05) is 6.07 Å². The largest absolute Gasteiger partial charge is 0.455 e. The summed E-state index contributed by atoms with van der Waals surface area (Å²) in [6.07, 6.45) is 0. The molecule has 0 amide bonds. The lowest BCUT2D eigenvalue weighted by Gasteiger charge is -2.27. The molecule has 0 radical (unpaired) electrons. The van der Waals surface area contributed by atoms with E-state index in [2.05, 4.69) is 223 Å². The zero-order valence-electron chi connectivity index (χ0n) is 30.7. The molecule has 10 rings (SSSR count). The van der Waals surface area contributed by atoms with Crippen molar-refractivity contribution in [1.82, 2.24) is 0 Å². The van der Waals surface area contributed by atoms with Gasteiger partial charge in [0.25, 0.3) is 0 Å². The molecule has 1 aromatic heterocycles. The minimum absolute atomic E-state index is 0.878. The molecule has 2 nitrogen and oxygen atoms in total. The van der Waals surface area contributed by atoms with E-state index in [1.165, 1.54) is 44.5 Å². The van der Waals surface area contributed by atoms with Crippen LogP contribution in [0.2, 0.25) is 0 Å². The lowest BCUT2D eigenvalue weighted by molar-refractivity contribution is 0.670. The molecule has 0 fully saturated rings. The molecule has 0 N–H and O–H groups in total. The predicted molar refractivity (Wildman–Crippen MR) is 236 cm³/mol. The van der Waals surface area contributed by atoms with Crippen molar-refractivity contribution in [2.24, 2.45) is 0 Å². The highest BCUT2D eigenvalue weighted by atomic mass is 16.3. The zero-order chi connectivity index (χ0) is 37.3. The molecule has 0 saturated heterocycles. The number of anilines is 3. The van der Waals surface area contributed by atoms with Gasteiger partial charge in [-0.2, -0.15) is 0 Å². The van der Waals surface area contributed by atoms with Crippen molar-refractivity contribution in [2.75, 3.05) is 4.90 Å². The highest BCUT2D eigenvalue weighted by molar-refractivity contribution is 6.11. The third-order valence-corrected chi connectivity index (χ3v) is 10.7. The van der Waals surface area contributed by atoms with Crippen molar-refractivity contribution in [3.63, 3.8) is 0 Å². The van der Waals surface area contributed by atoms with Gasteiger partial charge in [0.15, 0.2) is 0 Å². The third-order valence-electron chi connectivity index (χ3n) is 10.7. The first kappa shape index (κ1) is 33.2. The van der Waals surface area contributed by atoms with Gasteiger partial charge in [0.05, 0.1) is 0 Å².